The molecule has 0 bridgehead atoms. The van der Waals surface area contributed by atoms with Gasteiger partial charge in [0.1, 0.15) is 0 Å². The fraction of sp³-hybridized carbons (Fsp3) is 0.417. The third-order valence-electron chi connectivity index (χ3n) is 2.43. The van der Waals surface area contributed by atoms with Crippen molar-refractivity contribution in [2.24, 2.45) is 0 Å². The molecule has 0 spiro atoms. The Bertz CT molecular complexity index is 317. The molecule has 3 heteroatoms. The SMILES string of the molecule is C=C(NCC(C)(C)NC)c1cccnc1. The molecule has 0 aliphatic heterocycles. The first-order valence-corrected chi connectivity index (χ1v) is 5.07. The zero-order valence-electron chi connectivity index (χ0n) is 9.67. The summed E-state index contributed by atoms with van der Waals surface area (Å²) < 4.78 is 0. The van der Waals surface area contributed by atoms with Crippen molar-refractivity contribution in [1.82, 2.24) is 15.6 Å². The maximum Gasteiger partial charge on any atom is 0.0360 e. The lowest BCUT2D eigenvalue weighted by Crippen LogP contribution is -2.45. The molecule has 1 rings (SSSR count). The fourth-order valence-electron chi connectivity index (χ4n) is 1.06. The Morgan fingerprint density at radius 1 is 1.53 bits per heavy atom. The first-order valence-electron chi connectivity index (χ1n) is 5.07. The summed E-state index contributed by atoms with van der Waals surface area (Å²) in [4.78, 5) is 4.05. The quantitative estimate of drug-likeness (QED) is 0.767. The number of aromatic nitrogens is 1. The molecule has 0 amide bonds. The highest BCUT2D eigenvalue weighted by atomic mass is 15.0. The van der Waals surface area contributed by atoms with Gasteiger partial charge in [0.2, 0.25) is 0 Å². The lowest BCUT2D eigenvalue weighted by molar-refractivity contribution is 0.417. The summed E-state index contributed by atoms with van der Waals surface area (Å²) in [7, 11) is 1.95. The maximum atomic E-state index is 4.05. The molecule has 0 fully saturated rings. The van der Waals surface area contributed by atoms with Crippen LogP contribution in [0.4, 0.5) is 0 Å². The molecule has 0 unspecified atom stereocenters. The first kappa shape index (κ1) is 11.7. The van der Waals surface area contributed by atoms with Crippen LogP contribution >= 0.6 is 0 Å². The molecule has 0 atom stereocenters. The van der Waals surface area contributed by atoms with Crippen molar-refractivity contribution in [1.29, 1.82) is 0 Å². The molecule has 3 nitrogen and oxygen atoms in total. The minimum Gasteiger partial charge on any atom is -0.383 e. The molecule has 2 N–H and O–H groups in total. The van der Waals surface area contributed by atoms with Crippen molar-refractivity contribution in [2.75, 3.05) is 13.6 Å². The molecule has 0 radical (unpaired) electrons. The molecule has 0 saturated carbocycles. The predicted octanol–water partition coefficient (Wildman–Crippen LogP) is 1.64. The average Bonchev–Trinajstić information content (AvgIpc) is 2.27. The molecule has 15 heavy (non-hydrogen) atoms. The highest BCUT2D eigenvalue weighted by molar-refractivity contribution is 5.60. The van der Waals surface area contributed by atoms with Gasteiger partial charge >= 0.3 is 0 Å². The molecular formula is C12H19N3. The van der Waals surface area contributed by atoms with Crippen molar-refractivity contribution >= 4 is 5.70 Å². The van der Waals surface area contributed by atoms with Gasteiger partial charge in [-0.25, -0.2) is 0 Å². The van der Waals surface area contributed by atoms with Crippen molar-refractivity contribution in [3.05, 3.63) is 36.7 Å². The zero-order chi connectivity index (χ0) is 11.3. The van der Waals surface area contributed by atoms with Gasteiger partial charge < -0.3 is 10.6 Å². The van der Waals surface area contributed by atoms with Gasteiger partial charge in [-0.05, 0) is 33.0 Å². The Kier molecular flexibility index (Phi) is 3.86. The number of pyridine rings is 1. The second-order valence-electron chi connectivity index (χ2n) is 4.21. The van der Waals surface area contributed by atoms with Gasteiger partial charge in [-0.3, -0.25) is 4.98 Å². The number of hydrogen-bond donors (Lipinski definition) is 2. The van der Waals surface area contributed by atoms with Crippen LogP contribution in [0.25, 0.3) is 5.70 Å². The summed E-state index contributed by atoms with van der Waals surface area (Å²) in [6.45, 7) is 9.08. The van der Waals surface area contributed by atoms with Gasteiger partial charge in [0, 0.05) is 35.7 Å². The van der Waals surface area contributed by atoms with Crippen LogP contribution in [-0.4, -0.2) is 24.1 Å². The third-order valence-corrected chi connectivity index (χ3v) is 2.43. The lowest BCUT2D eigenvalue weighted by Gasteiger charge is -2.25. The van der Waals surface area contributed by atoms with Crippen LogP contribution in [0.5, 0.6) is 0 Å². The summed E-state index contributed by atoms with van der Waals surface area (Å²) in [5, 5.41) is 6.52. The minimum absolute atomic E-state index is 0.0607. The zero-order valence-corrected chi connectivity index (χ0v) is 9.67. The van der Waals surface area contributed by atoms with Crippen LogP contribution in [0.1, 0.15) is 19.4 Å². The van der Waals surface area contributed by atoms with E-state index >= 15 is 0 Å². The molecular weight excluding hydrogens is 186 g/mol. The van der Waals surface area contributed by atoms with Crippen LogP contribution in [-0.2, 0) is 0 Å². The van der Waals surface area contributed by atoms with Gasteiger partial charge in [0.15, 0.2) is 0 Å². The average molecular weight is 205 g/mol. The Morgan fingerprint density at radius 3 is 2.80 bits per heavy atom. The monoisotopic (exact) mass is 205 g/mol. The van der Waals surface area contributed by atoms with Gasteiger partial charge in [-0.2, -0.15) is 0 Å². The second kappa shape index (κ2) is 4.94. The molecule has 0 saturated heterocycles. The topological polar surface area (TPSA) is 37.0 Å². The van der Waals surface area contributed by atoms with E-state index in [-0.39, 0.29) is 5.54 Å². The Balaban J connectivity index is 2.51. The Hall–Kier alpha value is -1.35. The minimum atomic E-state index is 0.0607. The molecule has 0 aliphatic rings. The van der Waals surface area contributed by atoms with E-state index in [0.29, 0.717) is 0 Å². The lowest BCUT2D eigenvalue weighted by atomic mass is 10.1. The van der Waals surface area contributed by atoms with E-state index < -0.39 is 0 Å². The molecule has 1 aromatic heterocycles. The highest BCUT2D eigenvalue weighted by Gasteiger charge is 2.14. The molecule has 0 aliphatic carbocycles. The van der Waals surface area contributed by atoms with Crippen molar-refractivity contribution in [3.8, 4) is 0 Å². The number of likely N-dealkylation sites (N-methyl/N-ethyl adjacent to an activating group) is 1. The Morgan fingerprint density at radius 2 is 2.27 bits per heavy atom. The molecule has 1 aromatic rings. The Labute approximate surface area is 91.6 Å². The van der Waals surface area contributed by atoms with Crippen LogP contribution < -0.4 is 10.6 Å². The van der Waals surface area contributed by atoms with Gasteiger partial charge in [0.25, 0.3) is 0 Å². The number of nitrogens with one attached hydrogen (secondary N) is 2. The summed E-state index contributed by atoms with van der Waals surface area (Å²) in [5.74, 6) is 0. The van der Waals surface area contributed by atoms with Crippen molar-refractivity contribution in [3.63, 3.8) is 0 Å². The van der Waals surface area contributed by atoms with E-state index in [2.05, 4.69) is 36.0 Å². The van der Waals surface area contributed by atoms with Crippen molar-refractivity contribution in [2.45, 2.75) is 19.4 Å². The summed E-state index contributed by atoms with van der Waals surface area (Å²) in [6, 6.07) is 3.90. The second-order valence-corrected chi connectivity index (χ2v) is 4.21. The third kappa shape index (κ3) is 3.72. The summed E-state index contributed by atoms with van der Waals surface area (Å²) in [6.07, 6.45) is 3.57. The number of nitrogens with zero attached hydrogens (tertiary/aromatic N) is 1. The van der Waals surface area contributed by atoms with E-state index in [0.717, 1.165) is 17.8 Å². The van der Waals surface area contributed by atoms with Crippen LogP contribution in [0.15, 0.2) is 31.1 Å². The van der Waals surface area contributed by atoms with E-state index in [9.17, 15) is 0 Å². The number of hydrogen-bond acceptors (Lipinski definition) is 3. The van der Waals surface area contributed by atoms with Crippen LogP contribution in [0.3, 0.4) is 0 Å². The van der Waals surface area contributed by atoms with Gasteiger partial charge in [-0.1, -0.05) is 6.58 Å². The van der Waals surface area contributed by atoms with E-state index in [1.807, 2.05) is 25.4 Å². The highest BCUT2D eigenvalue weighted by Crippen LogP contribution is 2.08. The largest absolute Gasteiger partial charge is 0.383 e. The standard InChI is InChI=1S/C12H19N3/c1-10(11-6-5-7-14-8-11)15-9-12(2,3)13-4/h5-8,13,15H,1,9H2,2-4H3. The summed E-state index contributed by atoms with van der Waals surface area (Å²) in [5.41, 5.74) is 2.00. The summed E-state index contributed by atoms with van der Waals surface area (Å²) >= 11 is 0. The van der Waals surface area contributed by atoms with Crippen LogP contribution in [0.2, 0.25) is 0 Å². The first-order chi connectivity index (χ1) is 7.05. The molecule has 0 aromatic carbocycles. The predicted molar refractivity (Wildman–Crippen MR) is 64.4 cm³/mol. The fourth-order valence-corrected chi connectivity index (χ4v) is 1.06. The van der Waals surface area contributed by atoms with Crippen molar-refractivity contribution < 1.29 is 0 Å². The van der Waals surface area contributed by atoms with E-state index in [1.165, 1.54) is 0 Å². The number of rotatable bonds is 5. The van der Waals surface area contributed by atoms with Crippen LogP contribution in [0, 0.1) is 0 Å². The molecule has 1 heterocycles. The normalized spacial score (nSPS) is 11.1. The maximum absolute atomic E-state index is 4.05. The smallest absolute Gasteiger partial charge is 0.0360 e. The van der Waals surface area contributed by atoms with Gasteiger partial charge in [-0.15, -0.1) is 0 Å². The van der Waals surface area contributed by atoms with Gasteiger partial charge in [0.05, 0.1) is 0 Å². The molecule has 82 valence electrons. The van der Waals surface area contributed by atoms with E-state index in [4.69, 9.17) is 0 Å². The van der Waals surface area contributed by atoms with E-state index in [1.54, 1.807) is 6.20 Å².